The highest BCUT2D eigenvalue weighted by molar-refractivity contribution is 6.42. The Labute approximate surface area is 130 Å². The lowest BCUT2D eigenvalue weighted by Crippen LogP contribution is -2.12. The third-order valence-corrected chi connectivity index (χ3v) is 3.63. The highest BCUT2D eigenvalue weighted by Gasteiger charge is 2.12. The quantitative estimate of drug-likeness (QED) is 0.683. The highest BCUT2D eigenvalue weighted by atomic mass is 35.5. The van der Waals surface area contributed by atoms with Crippen molar-refractivity contribution in [2.24, 2.45) is 0 Å². The van der Waals surface area contributed by atoms with E-state index in [1.165, 1.54) is 0 Å². The first-order valence-corrected chi connectivity index (χ1v) is 6.84. The van der Waals surface area contributed by atoms with Crippen molar-refractivity contribution in [1.82, 2.24) is 15.2 Å². The number of halogens is 2. The maximum Gasteiger partial charge on any atom is 0.273 e. The van der Waals surface area contributed by atoms with Crippen LogP contribution in [0.4, 0.5) is 5.69 Å². The Morgan fingerprint density at radius 2 is 2.00 bits per heavy atom. The number of H-pyrrole nitrogens is 2. The summed E-state index contributed by atoms with van der Waals surface area (Å²) in [6.45, 7) is 0. The molecule has 3 N–H and O–H groups in total. The van der Waals surface area contributed by atoms with E-state index in [-0.39, 0.29) is 5.91 Å². The van der Waals surface area contributed by atoms with Crippen molar-refractivity contribution in [1.29, 1.82) is 0 Å². The van der Waals surface area contributed by atoms with Gasteiger partial charge in [-0.05, 0) is 30.3 Å². The summed E-state index contributed by atoms with van der Waals surface area (Å²) in [5.74, 6) is -0.303. The average Bonchev–Trinajstić information content (AvgIpc) is 3.12. The first-order valence-electron chi connectivity index (χ1n) is 6.08. The van der Waals surface area contributed by atoms with Gasteiger partial charge in [0.1, 0.15) is 5.69 Å². The minimum atomic E-state index is -0.303. The molecule has 0 atom stereocenters. The molecule has 0 bridgehead atoms. The topological polar surface area (TPSA) is 73.6 Å². The van der Waals surface area contributed by atoms with Crippen molar-refractivity contribution in [2.75, 3.05) is 5.32 Å². The molecule has 0 fully saturated rings. The van der Waals surface area contributed by atoms with E-state index in [2.05, 4.69) is 20.5 Å². The zero-order valence-electron chi connectivity index (χ0n) is 10.7. The second-order valence-corrected chi connectivity index (χ2v) is 5.16. The summed E-state index contributed by atoms with van der Waals surface area (Å²) in [5, 5.41) is 10.3. The zero-order valence-corrected chi connectivity index (χ0v) is 12.2. The van der Waals surface area contributed by atoms with E-state index in [0.717, 1.165) is 5.56 Å². The van der Waals surface area contributed by atoms with E-state index >= 15 is 0 Å². The molecule has 0 radical (unpaired) electrons. The zero-order chi connectivity index (χ0) is 14.8. The summed E-state index contributed by atoms with van der Waals surface area (Å²) in [4.78, 5) is 15.1. The Balaban J connectivity index is 1.78. The van der Waals surface area contributed by atoms with E-state index in [4.69, 9.17) is 23.2 Å². The van der Waals surface area contributed by atoms with Gasteiger partial charge in [0.2, 0.25) is 0 Å². The fourth-order valence-corrected chi connectivity index (χ4v) is 2.14. The highest BCUT2D eigenvalue weighted by Crippen LogP contribution is 2.25. The monoisotopic (exact) mass is 320 g/mol. The lowest BCUT2D eigenvalue weighted by atomic mass is 10.2. The van der Waals surface area contributed by atoms with Gasteiger partial charge in [-0.25, -0.2) is 0 Å². The van der Waals surface area contributed by atoms with E-state index < -0.39 is 0 Å². The van der Waals surface area contributed by atoms with E-state index in [1.54, 1.807) is 36.7 Å². The number of carbonyl (C=O) groups excluding carboxylic acids is 1. The molecule has 0 aliphatic rings. The second-order valence-electron chi connectivity index (χ2n) is 4.35. The summed E-state index contributed by atoms with van der Waals surface area (Å²) < 4.78 is 0. The van der Waals surface area contributed by atoms with Crippen molar-refractivity contribution in [3.8, 4) is 11.3 Å². The normalized spacial score (nSPS) is 10.6. The summed E-state index contributed by atoms with van der Waals surface area (Å²) in [5.41, 5.74) is 2.51. The van der Waals surface area contributed by atoms with Crippen LogP contribution in [0.3, 0.4) is 0 Å². The van der Waals surface area contributed by atoms with Crippen LogP contribution >= 0.6 is 23.2 Å². The number of benzene rings is 1. The molecule has 21 heavy (non-hydrogen) atoms. The van der Waals surface area contributed by atoms with E-state index in [1.807, 2.05) is 6.07 Å². The minimum Gasteiger partial charge on any atom is -0.367 e. The number of aromatic amines is 2. The Morgan fingerprint density at radius 1 is 1.14 bits per heavy atom. The van der Waals surface area contributed by atoms with Gasteiger partial charge in [-0.1, -0.05) is 23.2 Å². The first kappa shape index (κ1) is 13.7. The van der Waals surface area contributed by atoms with Crippen LogP contribution in [-0.2, 0) is 0 Å². The SMILES string of the molecule is O=C(Nc1ccc(Cl)c(Cl)c1)c1cc(-c2cc[nH]c2)n[nH]1. The van der Waals surface area contributed by atoms with Crippen LogP contribution in [0.1, 0.15) is 10.5 Å². The number of anilines is 1. The van der Waals surface area contributed by atoms with Crippen LogP contribution in [0.25, 0.3) is 11.3 Å². The van der Waals surface area contributed by atoms with Gasteiger partial charge >= 0.3 is 0 Å². The Morgan fingerprint density at radius 3 is 2.71 bits per heavy atom. The smallest absolute Gasteiger partial charge is 0.273 e. The summed E-state index contributed by atoms with van der Waals surface area (Å²) in [7, 11) is 0. The molecule has 106 valence electrons. The maximum atomic E-state index is 12.1. The molecule has 0 spiro atoms. The minimum absolute atomic E-state index is 0.303. The number of hydrogen-bond acceptors (Lipinski definition) is 2. The fourth-order valence-electron chi connectivity index (χ4n) is 1.84. The average molecular weight is 321 g/mol. The molecule has 1 amide bonds. The molecule has 0 aliphatic heterocycles. The molecular weight excluding hydrogens is 311 g/mol. The van der Waals surface area contributed by atoms with Crippen LogP contribution in [0.2, 0.25) is 10.0 Å². The predicted octanol–water partition coefficient (Wildman–Crippen LogP) is 3.96. The predicted molar refractivity (Wildman–Crippen MR) is 82.8 cm³/mol. The standard InChI is InChI=1S/C14H10Cl2N4O/c15-10-2-1-9(5-11(10)16)18-14(21)13-6-12(19-20-13)8-3-4-17-7-8/h1-7,17H,(H,18,21)(H,19,20). The lowest BCUT2D eigenvalue weighted by molar-refractivity contribution is 0.102. The van der Waals surface area contributed by atoms with Gasteiger partial charge in [-0.15, -0.1) is 0 Å². The van der Waals surface area contributed by atoms with Crippen molar-refractivity contribution in [3.63, 3.8) is 0 Å². The van der Waals surface area contributed by atoms with Gasteiger partial charge < -0.3 is 10.3 Å². The number of hydrogen-bond donors (Lipinski definition) is 3. The van der Waals surface area contributed by atoms with Crippen molar-refractivity contribution in [3.05, 3.63) is 58.5 Å². The van der Waals surface area contributed by atoms with E-state index in [9.17, 15) is 4.79 Å². The molecule has 2 heterocycles. The van der Waals surface area contributed by atoms with E-state index in [0.29, 0.717) is 27.1 Å². The van der Waals surface area contributed by atoms with Crippen molar-refractivity contribution >= 4 is 34.8 Å². The Bertz CT molecular complexity index is 780. The number of aromatic nitrogens is 3. The summed E-state index contributed by atoms with van der Waals surface area (Å²) >= 11 is 11.7. The maximum absolute atomic E-state index is 12.1. The Hall–Kier alpha value is -2.24. The number of nitrogens with one attached hydrogen (secondary N) is 3. The number of carbonyl (C=O) groups is 1. The molecule has 1 aromatic carbocycles. The molecule has 0 unspecified atom stereocenters. The van der Waals surface area contributed by atoms with Crippen LogP contribution in [0, 0.1) is 0 Å². The molecule has 2 aromatic heterocycles. The van der Waals surface area contributed by atoms with Crippen LogP contribution < -0.4 is 5.32 Å². The molecule has 7 heteroatoms. The molecule has 0 saturated carbocycles. The van der Waals surface area contributed by atoms with Crippen molar-refractivity contribution in [2.45, 2.75) is 0 Å². The van der Waals surface area contributed by atoms with Gasteiger partial charge in [-0.2, -0.15) is 5.10 Å². The van der Waals surface area contributed by atoms with Gasteiger partial charge in [0.05, 0.1) is 15.7 Å². The van der Waals surface area contributed by atoms with Gasteiger partial charge in [-0.3, -0.25) is 9.89 Å². The fraction of sp³-hybridized carbons (Fsp3) is 0. The van der Waals surface area contributed by atoms with Crippen LogP contribution in [0.15, 0.2) is 42.7 Å². The van der Waals surface area contributed by atoms with Gasteiger partial charge in [0.15, 0.2) is 0 Å². The lowest BCUT2D eigenvalue weighted by Gasteiger charge is -2.04. The third-order valence-electron chi connectivity index (χ3n) is 2.89. The largest absolute Gasteiger partial charge is 0.367 e. The molecule has 3 aromatic rings. The summed E-state index contributed by atoms with van der Waals surface area (Å²) in [6.07, 6.45) is 3.59. The molecule has 0 saturated heterocycles. The van der Waals surface area contributed by atoms with Gasteiger partial charge in [0.25, 0.3) is 5.91 Å². The Kier molecular flexibility index (Phi) is 3.68. The molecule has 0 aliphatic carbocycles. The second kappa shape index (κ2) is 5.63. The van der Waals surface area contributed by atoms with Crippen molar-refractivity contribution < 1.29 is 4.79 Å². The van der Waals surface area contributed by atoms with Gasteiger partial charge in [0, 0.05) is 23.6 Å². The number of rotatable bonds is 3. The number of amides is 1. The molecule has 5 nitrogen and oxygen atoms in total. The first-order chi connectivity index (χ1) is 10.1. The summed E-state index contributed by atoms with van der Waals surface area (Å²) in [6, 6.07) is 8.44. The molecule has 3 rings (SSSR count). The van der Waals surface area contributed by atoms with Crippen LogP contribution in [0.5, 0.6) is 0 Å². The van der Waals surface area contributed by atoms with Crippen LogP contribution in [-0.4, -0.2) is 21.1 Å². The number of nitrogens with zero attached hydrogens (tertiary/aromatic N) is 1. The third kappa shape index (κ3) is 2.94. The molecular formula is C14H10Cl2N4O.